The van der Waals surface area contributed by atoms with Crippen LogP contribution in [0, 0.1) is 0 Å². The Morgan fingerprint density at radius 1 is 1.03 bits per heavy atom. The minimum Gasteiger partial charge on any atom is -0.384 e. The van der Waals surface area contributed by atoms with E-state index >= 15 is 0 Å². The molecule has 3 amide bonds. The number of imide groups is 1. The maximum absolute atomic E-state index is 12.1. The number of carbonyl (C=O) groups is 2. The summed E-state index contributed by atoms with van der Waals surface area (Å²) in [6.07, 6.45) is 2.19. The number of fused-ring (bicyclic) bond motifs is 3. The number of urea groups is 1. The summed E-state index contributed by atoms with van der Waals surface area (Å²) in [6.45, 7) is 1.69. The average Bonchev–Trinajstić information content (AvgIpc) is 3.22. The molecule has 176 valence electrons. The Morgan fingerprint density at radius 2 is 1.79 bits per heavy atom. The van der Waals surface area contributed by atoms with Crippen LogP contribution >= 0.6 is 0 Å². The number of carbonyl (C=O) groups excluding carboxylic acids is 2. The van der Waals surface area contributed by atoms with E-state index in [1.54, 1.807) is 31.4 Å². The second-order valence-electron chi connectivity index (χ2n) is 7.92. The Kier molecular flexibility index (Phi) is 7.34. The molecule has 0 bridgehead atoms. The Balaban J connectivity index is 1.40. The first-order valence-electron chi connectivity index (χ1n) is 11.2. The molecule has 34 heavy (non-hydrogen) atoms. The fourth-order valence-electron chi connectivity index (χ4n) is 3.94. The zero-order chi connectivity index (χ0) is 23.9. The van der Waals surface area contributed by atoms with Crippen molar-refractivity contribution in [2.45, 2.75) is 25.8 Å². The summed E-state index contributed by atoms with van der Waals surface area (Å²) in [5, 5.41) is 6.09. The van der Waals surface area contributed by atoms with E-state index in [0.717, 1.165) is 35.1 Å². The highest BCUT2D eigenvalue weighted by Gasteiger charge is 2.17. The van der Waals surface area contributed by atoms with Crippen LogP contribution in [0.25, 0.3) is 21.9 Å². The molecule has 0 unspecified atom stereocenters. The second kappa shape index (κ2) is 10.8. The number of imidazole rings is 1. The van der Waals surface area contributed by atoms with E-state index in [0.29, 0.717) is 43.0 Å². The third-order valence-electron chi connectivity index (χ3n) is 5.58. The number of para-hydroxylation sites is 1. The zero-order valence-corrected chi connectivity index (χ0v) is 19.1. The van der Waals surface area contributed by atoms with Crippen LogP contribution in [0.4, 0.5) is 10.6 Å². The molecule has 4 aromatic rings. The molecule has 9 nitrogen and oxygen atoms in total. The van der Waals surface area contributed by atoms with Gasteiger partial charge >= 0.3 is 6.03 Å². The summed E-state index contributed by atoms with van der Waals surface area (Å²) < 4.78 is 7.44. The summed E-state index contributed by atoms with van der Waals surface area (Å²) in [7, 11) is 1.66. The summed E-state index contributed by atoms with van der Waals surface area (Å²) in [5.41, 5.74) is 9.15. The predicted molar refractivity (Wildman–Crippen MR) is 132 cm³/mol. The highest BCUT2D eigenvalue weighted by atomic mass is 16.5. The maximum atomic E-state index is 12.1. The predicted octanol–water partition coefficient (Wildman–Crippen LogP) is 3.28. The van der Waals surface area contributed by atoms with Gasteiger partial charge in [-0.05, 0) is 31.0 Å². The Hall–Kier alpha value is -3.98. The summed E-state index contributed by atoms with van der Waals surface area (Å²) in [6, 6.07) is 16.0. The monoisotopic (exact) mass is 460 g/mol. The summed E-state index contributed by atoms with van der Waals surface area (Å²) >= 11 is 0. The first-order valence-corrected chi connectivity index (χ1v) is 11.2. The van der Waals surface area contributed by atoms with Gasteiger partial charge in [0.15, 0.2) is 5.82 Å². The molecule has 0 atom stereocenters. The number of amides is 3. The lowest BCUT2D eigenvalue weighted by Gasteiger charge is -2.11. The van der Waals surface area contributed by atoms with Crippen LogP contribution in [0.3, 0.4) is 0 Å². The molecule has 2 aromatic heterocycles. The third kappa shape index (κ3) is 5.15. The molecule has 0 spiro atoms. The van der Waals surface area contributed by atoms with Gasteiger partial charge in [0.05, 0.1) is 17.6 Å². The zero-order valence-electron chi connectivity index (χ0n) is 19.1. The molecule has 0 fully saturated rings. The molecule has 0 aliphatic heterocycles. The van der Waals surface area contributed by atoms with Crippen molar-refractivity contribution in [3.05, 3.63) is 66.0 Å². The number of benzene rings is 2. The molecular formula is C25H28N6O3. The molecule has 4 rings (SSSR count). The largest absolute Gasteiger partial charge is 0.384 e. The number of nitrogens with one attached hydrogen (secondary N) is 2. The van der Waals surface area contributed by atoms with E-state index in [-0.39, 0.29) is 0 Å². The van der Waals surface area contributed by atoms with E-state index in [1.165, 1.54) is 0 Å². The molecule has 0 aliphatic carbocycles. The van der Waals surface area contributed by atoms with Crippen LogP contribution in [0.5, 0.6) is 0 Å². The topological polar surface area (TPSA) is 124 Å². The molecular weight excluding hydrogens is 432 g/mol. The number of aromatic nitrogens is 3. The minimum absolute atomic E-state index is 0.410. The SMILES string of the molecule is COCCc1nc2c(N)nc3ccccc3c2n1CCCCNC(=O)NC(=O)c1ccccc1. The van der Waals surface area contributed by atoms with Gasteiger partial charge in [-0.1, -0.05) is 36.4 Å². The number of hydrogen-bond acceptors (Lipinski definition) is 6. The number of nitrogens with two attached hydrogens (primary N) is 1. The van der Waals surface area contributed by atoms with Crippen molar-refractivity contribution in [3.63, 3.8) is 0 Å². The van der Waals surface area contributed by atoms with E-state index in [2.05, 4.69) is 20.2 Å². The van der Waals surface area contributed by atoms with Crippen molar-refractivity contribution in [1.29, 1.82) is 0 Å². The lowest BCUT2D eigenvalue weighted by atomic mass is 10.2. The van der Waals surface area contributed by atoms with Gasteiger partial charge in [-0.2, -0.15) is 0 Å². The lowest BCUT2D eigenvalue weighted by Crippen LogP contribution is -2.39. The number of aryl methyl sites for hydroxylation is 1. The molecule has 2 aromatic carbocycles. The van der Waals surface area contributed by atoms with Crippen LogP contribution in [-0.2, 0) is 17.7 Å². The van der Waals surface area contributed by atoms with Gasteiger partial charge < -0.3 is 20.4 Å². The molecule has 0 radical (unpaired) electrons. The van der Waals surface area contributed by atoms with Crippen LogP contribution in [0.15, 0.2) is 54.6 Å². The van der Waals surface area contributed by atoms with Crippen molar-refractivity contribution in [2.75, 3.05) is 26.0 Å². The number of pyridine rings is 1. The van der Waals surface area contributed by atoms with Gasteiger partial charge in [0, 0.05) is 37.6 Å². The van der Waals surface area contributed by atoms with Gasteiger partial charge in [-0.15, -0.1) is 0 Å². The molecule has 4 N–H and O–H groups in total. The van der Waals surface area contributed by atoms with Gasteiger partial charge in [-0.25, -0.2) is 14.8 Å². The van der Waals surface area contributed by atoms with E-state index in [1.807, 2.05) is 30.3 Å². The van der Waals surface area contributed by atoms with Crippen LogP contribution < -0.4 is 16.4 Å². The van der Waals surface area contributed by atoms with Crippen LogP contribution in [0.2, 0.25) is 0 Å². The first kappa shape index (κ1) is 23.2. The van der Waals surface area contributed by atoms with Crippen molar-refractivity contribution in [2.24, 2.45) is 0 Å². The Bertz CT molecular complexity index is 1300. The summed E-state index contributed by atoms with van der Waals surface area (Å²) in [5.74, 6) is 0.872. The first-order chi connectivity index (χ1) is 16.6. The number of unbranched alkanes of at least 4 members (excludes halogenated alkanes) is 1. The number of anilines is 1. The molecule has 9 heteroatoms. The summed E-state index contributed by atoms with van der Waals surface area (Å²) in [4.78, 5) is 33.4. The van der Waals surface area contributed by atoms with Gasteiger partial charge in [0.25, 0.3) is 5.91 Å². The standard InChI is InChI=1S/C25H28N6O3/c1-34-16-13-20-29-21-22(18-11-5-6-12-19(18)28-23(21)26)31(20)15-8-7-14-27-25(33)30-24(32)17-9-3-2-4-10-17/h2-6,9-12H,7-8,13-16H2,1H3,(H2,26,28)(H2,27,30,32,33). The smallest absolute Gasteiger partial charge is 0.321 e. The fraction of sp³-hybridized carbons (Fsp3) is 0.280. The third-order valence-corrected chi connectivity index (χ3v) is 5.58. The number of hydrogen-bond donors (Lipinski definition) is 3. The number of nitrogen functional groups attached to an aromatic ring is 1. The second-order valence-corrected chi connectivity index (χ2v) is 7.92. The van der Waals surface area contributed by atoms with Crippen LogP contribution in [0.1, 0.15) is 29.0 Å². The van der Waals surface area contributed by atoms with E-state index in [9.17, 15) is 9.59 Å². The highest BCUT2D eigenvalue weighted by molar-refractivity contribution is 6.06. The van der Waals surface area contributed by atoms with Crippen molar-refractivity contribution in [3.8, 4) is 0 Å². The molecule has 0 aliphatic rings. The van der Waals surface area contributed by atoms with E-state index in [4.69, 9.17) is 15.5 Å². The number of methoxy groups -OCH3 is 1. The fourth-order valence-corrected chi connectivity index (χ4v) is 3.94. The average molecular weight is 461 g/mol. The molecule has 2 heterocycles. The number of ether oxygens (including phenoxy) is 1. The lowest BCUT2D eigenvalue weighted by molar-refractivity contribution is 0.0964. The Labute approximate surface area is 197 Å². The van der Waals surface area contributed by atoms with Crippen LogP contribution in [-0.4, -0.2) is 46.7 Å². The quantitative estimate of drug-likeness (QED) is 0.329. The molecule has 0 saturated carbocycles. The molecule has 0 saturated heterocycles. The van der Waals surface area contributed by atoms with Crippen molar-refractivity contribution in [1.82, 2.24) is 25.2 Å². The van der Waals surface area contributed by atoms with Crippen molar-refractivity contribution >= 4 is 39.7 Å². The van der Waals surface area contributed by atoms with Gasteiger partial charge in [0.2, 0.25) is 0 Å². The minimum atomic E-state index is -0.507. The van der Waals surface area contributed by atoms with Gasteiger partial charge in [-0.3, -0.25) is 10.1 Å². The maximum Gasteiger partial charge on any atom is 0.321 e. The number of nitrogens with zero attached hydrogens (tertiary/aromatic N) is 3. The van der Waals surface area contributed by atoms with Gasteiger partial charge in [0.1, 0.15) is 11.3 Å². The van der Waals surface area contributed by atoms with Crippen molar-refractivity contribution < 1.29 is 14.3 Å². The number of rotatable bonds is 9. The highest BCUT2D eigenvalue weighted by Crippen LogP contribution is 2.29. The Morgan fingerprint density at radius 3 is 2.59 bits per heavy atom. The normalized spacial score (nSPS) is 11.1. The van der Waals surface area contributed by atoms with E-state index < -0.39 is 11.9 Å².